The normalized spacial score (nSPS) is 18.1. The number of fused-ring (bicyclic) bond motifs is 1. The maximum atomic E-state index is 13.3. The van der Waals surface area contributed by atoms with Crippen LogP contribution in [0.3, 0.4) is 0 Å². The van der Waals surface area contributed by atoms with E-state index in [0.29, 0.717) is 16.8 Å². The Labute approximate surface area is 155 Å². The molecule has 1 aromatic carbocycles. The Morgan fingerprint density at radius 3 is 2.64 bits per heavy atom. The van der Waals surface area contributed by atoms with E-state index in [1.807, 2.05) is 6.07 Å². The van der Waals surface area contributed by atoms with Gasteiger partial charge < -0.3 is 5.32 Å². The second-order valence-corrected chi connectivity index (χ2v) is 6.61. The van der Waals surface area contributed by atoms with Gasteiger partial charge in [-0.05, 0) is 23.8 Å². The number of nitriles is 1. The van der Waals surface area contributed by atoms with Crippen LogP contribution in [-0.2, 0) is 12.7 Å². The van der Waals surface area contributed by atoms with E-state index in [1.54, 1.807) is 6.20 Å². The lowest BCUT2D eigenvalue weighted by Gasteiger charge is -2.14. The van der Waals surface area contributed by atoms with Crippen LogP contribution in [0, 0.1) is 11.3 Å². The van der Waals surface area contributed by atoms with Gasteiger partial charge >= 0.3 is 6.18 Å². The number of benzene rings is 1. The van der Waals surface area contributed by atoms with Crippen LogP contribution in [0.2, 0.25) is 0 Å². The molecule has 1 aliphatic carbocycles. The molecule has 5 nitrogen and oxygen atoms in total. The van der Waals surface area contributed by atoms with E-state index < -0.39 is 30.0 Å². The van der Waals surface area contributed by atoms with Crippen molar-refractivity contribution in [3.63, 3.8) is 0 Å². The first kappa shape index (κ1) is 18.2. The third-order valence-electron chi connectivity index (χ3n) is 4.54. The van der Waals surface area contributed by atoms with Gasteiger partial charge in [-0.1, -0.05) is 0 Å². The maximum absolute atomic E-state index is 13.3. The van der Waals surface area contributed by atoms with Crippen LogP contribution in [0.5, 0.6) is 0 Å². The average molecular weight is 393 g/mol. The van der Waals surface area contributed by atoms with Gasteiger partial charge in [-0.3, -0.25) is 0 Å². The molecule has 10 heteroatoms. The number of rotatable bonds is 4. The molecule has 0 amide bonds. The summed E-state index contributed by atoms with van der Waals surface area (Å²) in [4.78, 5) is 4.11. The van der Waals surface area contributed by atoms with Crippen molar-refractivity contribution in [1.29, 1.82) is 5.26 Å². The molecule has 0 saturated heterocycles. The third kappa shape index (κ3) is 3.35. The Hall–Kier alpha value is -3.22. The average Bonchev–Trinajstić information content (AvgIpc) is 3.10. The largest absolute Gasteiger partial charge is 0.416 e. The highest BCUT2D eigenvalue weighted by Gasteiger charge is 2.57. The quantitative estimate of drug-likeness (QED) is 0.669. The topological polar surface area (TPSA) is 66.0 Å². The van der Waals surface area contributed by atoms with Crippen LogP contribution < -0.4 is 5.32 Å². The van der Waals surface area contributed by atoms with Gasteiger partial charge in [0.15, 0.2) is 5.65 Å². The Kier molecular flexibility index (Phi) is 3.99. The summed E-state index contributed by atoms with van der Waals surface area (Å²) in [5, 5.41) is 15.8. The number of anilines is 1. The van der Waals surface area contributed by atoms with E-state index in [9.17, 15) is 22.0 Å². The SMILES string of the molecule is N#Cc1cnn2cc(CNc3cc(C4CC4(F)F)cc(C(F)(F)F)c3)cnc12. The van der Waals surface area contributed by atoms with Gasteiger partial charge in [-0.25, -0.2) is 18.3 Å². The zero-order valence-corrected chi connectivity index (χ0v) is 14.1. The molecule has 3 aromatic rings. The number of hydrogen-bond acceptors (Lipinski definition) is 4. The molecule has 2 heterocycles. The Morgan fingerprint density at radius 2 is 2.00 bits per heavy atom. The van der Waals surface area contributed by atoms with Gasteiger partial charge in [0.05, 0.1) is 17.7 Å². The van der Waals surface area contributed by atoms with Crippen molar-refractivity contribution in [3.05, 3.63) is 59.0 Å². The Bertz CT molecular complexity index is 1100. The fourth-order valence-electron chi connectivity index (χ4n) is 2.98. The molecule has 0 bridgehead atoms. The maximum Gasteiger partial charge on any atom is 0.416 e. The number of halogens is 5. The van der Waals surface area contributed by atoms with Crippen LogP contribution in [0.25, 0.3) is 5.65 Å². The van der Waals surface area contributed by atoms with E-state index >= 15 is 0 Å². The van der Waals surface area contributed by atoms with Crippen LogP contribution in [-0.4, -0.2) is 20.5 Å². The standard InChI is InChI=1S/C18H12F5N5/c19-17(20)4-15(17)11-1-13(18(21,22)23)3-14(2-11)25-6-10-7-26-16-12(5-24)8-27-28(16)9-10/h1-3,7-9,15,25H,4,6H2. The first-order valence-corrected chi connectivity index (χ1v) is 8.23. The third-order valence-corrected chi connectivity index (χ3v) is 4.54. The summed E-state index contributed by atoms with van der Waals surface area (Å²) in [5.74, 6) is -4.16. The van der Waals surface area contributed by atoms with Crippen LogP contribution in [0.1, 0.15) is 34.6 Å². The Morgan fingerprint density at radius 1 is 1.25 bits per heavy atom. The van der Waals surface area contributed by atoms with Crippen molar-refractivity contribution < 1.29 is 22.0 Å². The molecule has 4 rings (SSSR count). The molecule has 28 heavy (non-hydrogen) atoms. The molecule has 0 spiro atoms. The van der Waals surface area contributed by atoms with Crippen LogP contribution >= 0.6 is 0 Å². The zero-order valence-electron chi connectivity index (χ0n) is 14.1. The molecule has 1 fully saturated rings. The zero-order chi connectivity index (χ0) is 20.1. The van der Waals surface area contributed by atoms with E-state index in [0.717, 1.165) is 12.1 Å². The minimum absolute atomic E-state index is 0.0401. The number of alkyl halides is 5. The fraction of sp³-hybridized carbons (Fsp3) is 0.278. The van der Waals surface area contributed by atoms with Crippen molar-refractivity contribution in [2.75, 3.05) is 5.32 Å². The Balaban J connectivity index is 1.59. The van der Waals surface area contributed by atoms with Gasteiger partial charge in [-0.2, -0.15) is 23.5 Å². The highest BCUT2D eigenvalue weighted by atomic mass is 19.4. The molecule has 2 aromatic heterocycles. The second kappa shape index (κ2) is 6.15. The summed E-state index contributed by atoms with van der Waals surface area (Å²) in [7, 11) is 0. The van der Waals surface area contributed by atoms with Gasteiger partial charge in [0.1, 0.15) is 11.6 Å². The van der Waals surface area contributed by atoms with Crippen molar-refractivity contribution in [2.24, 2.45) is 0 Å². The number of nitrogens with one attached hydrogen (secondary N) is 1. The molecule has 1 N–H and O–H groups in total. The van der Waals surface area contributed by atoms with Crippen molar-refractivity contribution in [1.82, 2.24) is 14.6 Å². The van der Waals surface area contributed by atoms with Gasteiger partial charge in [0, 0.05) is 36.6 Å². The predicted octanol–water partition coefficient (Wildman–Crippen LogP) is 4.35. The van der Waals surface area contributed by atoms with Crippen LogP contribution in [0.4, 0.5) is 27.6 Å². The summed E-state index contributed by atoms with van der Waals surface area (Å²) in [6.45, 7) is 0.104. The summed E-state index contributed by atoms with van der Waals surface area (Å²) in [5.41, 5.74) is 0.328. The first-order valence-electron chi connectivity index (χ1n) is 8.23. The lowest BCUT2D eigenvalue weighted by Crippen LogP contribution is -2.09. The van der Waals surface area contributed by atoms with E-state index in [1.165, 1.54) is 23.0 Å². The highest BCUT2D eigenvalue weighted by Crippen LogP contribution is 2.56. The molecule has 144 valence electrons. The van der Waals surface area contributed by atoms with Crippen LogP contribution in [0.15, 0.2) is 36.8 Å². The summed E-state index contributed by atoms with van der Waals surface area (Å²) >= 11 is 0. The van der Waals surface area contributed by atoms with Gasteiger partial charge in [-0.15, -0.1) is 0 Å². The summed E-state index contributed by atoms with van der Waals surface area (Å²) in [6.07, 6.45) is -0.683. The molecule has 1 aliphatic rings. The number of hydrogen-bond donors (Lipinski definition) is 1. The fourth-order valence-corrected chi connectivity index (χ4v) is 2.98. The molecule has 0 aliphatic heterocycles. The second-order valence-electron chi connectivity index (χ2n) is 6.61. The lowest BCUT2D eigenvalue weighted by atomic mass is 10.0. The van der Waals surface area contributed by atoms with E-state index in [2.05, 4.69) is 15.4 Å². The molecule has 0 radical (unpaired) electrons. The highest BCUT2D eigenvalue weighted by molar-refractivity contribution is 5.54. The molecule has 1 unspecified atom stereocenters. The van der Waals surface area contributed by atoms with Crippen molar-refractivity contribution >= 4 is 11.3 Å². The van der Waals surface area contributed by atoms with E-state index in [4.69, 9.17) is 5.26 Å². The molecule has 1 saturated carbocycles. The molecule has 1 atom stereocenters. The monoisotopic (exact) mass is 393 g/mol. The predicted molar refractivity (Wildman–Crippen MR) is 88.8 cm³/mol. The molecular formula is C18H12F5N5. The van der Waals surface area contributed by atoms with Crippen molar-refractivity contribution in [2.45, 2.75) is 31.0 Å². The summed E-state index contributed by atoms with van der Waals surface area (Å²) in [6, 6.07) is 4.92. The smallest absolute Gasteiger partial charge is 0.381 e. The number of nitrogens with zero attached hydrogens (tertiary/aromatic N) is 4. The number of aromatic nitrogens is 3. The summed E-state index contributed by atoms with van der Waals surface area (Å²) < 4.78 is 67.5. The first-order chi connectivity index (χ1) is 13.2. The lowest BCUT2D eigenvalue weighted by molar-refractivity contribution is -0.137. The molecular weight excluding hydrogens is 381 g/mol. The van der Waals surface area contributed by atoms with Gasteiger partial charge in [0.25, 0.3) is 5.92 Å². The van der Waals surface area contributed by atoms with Gasteiger partial charge in [0.2, 0.25) is 0 Å². The minimum Gasteiger partial charge on any atom is -0.381 e. The van der Waals surface area contributed by atoms with Crippen molar-refractivity contribution in [3.8, 4) is 6.07 Å². The van der Waals surface area contributed by atoms with E-state index in [-0.39, 0.29) is 17.8 Å². The minimum atomic E-state index is -4.64.